The average molecular weight is 350 g/mol. The molecule has 0 radical (unpaired) electrons. The summed E-state index contributed by atoms with van der Waals surface area (Å²) in [5.74, 6) is -1.64. The number of aromatic nitrogens is 6. The van der Waals surface area contributed by atoms with Gasteiger partial charge in [-0.2, -0.15) is 5.10 Å². The third-order valence-electron chi connectivity index (χ3n) is 4.07. The van der Waals surface area contributed by atoms with Gasteiger partial charge in [0.05, 0.1) is 25.4 Å². The smallest absolute Gasteiger partial charge is 0.137 e. The van der Waals surface area contributed by atoms with E-state index in [1.54, 1.807) is 6.92 Å². The molecule has 0 amide bonds. The number of hydrogen-bond donors (Lipinski definition) is 2. The highest BCUT2D eigenvalue weighted by molar-refractivity contribution is 5.26. The first-order valence-electron chi connectivity index (χ1n) is 7.46. The van der Waals surface area contributed by atoms with E-state index >= 15 is 0 Å². The number of hydrogen-bond acceptors (Lipinski definition) is 6. The molecule has 0 aliphatic carbocycles. The molecular formula is C15H16F2N6O2. The number of aliphatic hydroxyl groups excluding tert-OH is 1. The summed E-state index contributed by atoms with van der Waals surface area (Å²) < 4.78 is 30.3. The topological polar surface area (TPSA) is 102 Å². The predicted octanol–water partition coefficient (Wildman–Crippen LogP) is 0.789. The van der Waals surface area contributed by atoms with E-state index in [-0.39, 0.29) is 18.7 Å². The Morgan fingerprint density at radius 1 is 1.32 bits per heavy atom. The summed E-state index contributed by atoms with van der Waals surface area (Å²) in [4.78, 5) is 3.81. The number of rotatable bonds is 6. The Bertz CT molecular complexity index is 854. The molecule has 0 aliphatic heterocycles. The summed E-state index contributed by atoms with van der Waals surface area (Å²) >= 11 is 0. The van der Waals surface area contributed by atoms with Gasteiger partial charge in [-0.15, -0.1) is 5.10 Å². The molecule has 2 heterocycles. The van der Waals surface area contributed by atoms with Crippen molar-refractivity contribution in [2.24, 2.45) is 0 Å². The van der Waals surface area contributed by atoms with E-state index in [1.807, 2.05) is 0 Å². The minimum Gasteiger partial charge on any atom is -0.390 e. The molecule has 2 atom stereocenters. The van der Waals surface area contributed by atoms with Crippen LogP contribution in [-0.4, -0.2) is 40.0 Å². The summed E-state index contributed by atoms with van der Waals surface area (Å²) in [6.07, 6.45) is 4.10. The average Bonchev–Trinajstić information content (AvgIpc) is 3.25. The van der Waals surface area contributed by atoms with Gasteiger partial charge in [0.15, 0.2) is 0 Å². The lowest BCUT2D eigenvalue weighted by Crippen LogP contribution is -2.41. The van der Waals surface area contributed by atoms with Gasteiger partial charge in [-0.25, -0.2) is 23.1 Å². The van der Waals surface area contributed by atoms with E-state index in [2.05, 4.69) is 20.4 Å². The second-order valence-electron chi connectivity index (χ2n) is 5.67. The van der Waals surface area contributed by atoms with Crippen LogP contribution >= 0.6 is 0 Å². The van der Waals surface area contributed by atoms with Crippen LogP contribution < -0.4 is 0 Å². The molecule has 0 saturated carbocycles. The Labute approximate surface area is 141 Å². The third-order valence-corrected chi connectivity index (χ3v) is 4.07. The zero-order valence-electron chi connectivity index (χ0n) is 13.3. The maximum Gasteiger partial charge on any atom is 0.137 e. The van der Waals surface area contributed by atoms with Gasteiger partial charge in [-0.1, -0.05) is 11.3 Å². The zero-order valence-corrected chi connectivity index (χ0v) is 13.3. The van der Waals surface area contributed by atoms with Crippen molar-refractivity contribution < 1.29 is 19.0 Å². The van der Waals surface area contributed by atoms with Gasteiger partial charge in [0.25, 0.3) is 0 Å². The van der Waals surface area contributed by atoms with E-state index in [9.17, 15) is 13.9 Å². The summed E-state index contributed by atoms with van der Waals surface area (Å²) in [7, 11) is 0. The van der Waals surface area contributed by atoms with Crippen molar-refractivity contribution >= 4 is 0 Å². The first kappa shape index (κ1) is 17.1. The van der Waals surface area contributed by atoms with E-state index in [0.717, 1.165) is 6.07 Å². The minimum atomic E-state index is -1.83. The summed E-state index contributed by atoms with van der Waals surface area (Å²) in [5, 5.41) is 32.0. The summed E-state index contributed by atoms with van der Waals surface area (Å²) in [6.45, 7) is 1.14. The molecule has 10 heteroatoms. The quantitative estimate of drug-likeness (QED) is 0.681. The van der Waals surface area contributed by atoms with Crippen molar-refractivity contribution in [3.8, 4) is 0 Å². The highest BCUT2D eigenvalue weighted by Gasteiger charge is 2.41. The minimum absolute atomic E-state index is 0.113. The van der Waals surface area contributed by atoms with Crippen LogP contribution in [0.5, 0.6) is 0 Å². The largest absolute Gasteiger partial charge is 0.390 e. The number of nitrogens with zero attached hydrogens (tertiary/aromatic N) is 6. The van der Waals surface area contributed by atoms with Gasteiger partial charge in [0.1, 0.15) is 35.6 Å². The van der Waals surface area contributed by atoms with Crippen LogP contribution in [-0.2, 0) is 18.8 Å². The van der Waals surface area contributed by atoms with Crippen molar-refractivity contribution in [3.05, 3.63) is 59.9 Å². The van der Waals surface area contributed by atoms with Crippen LogP contribution in [0.25, 0.3) is 0 Å². The molecule has 0 fully saturated rings. The van der Waals surface area contributed by atoms with Crippen LogP contribution in [0.4, 0.5) is 8.78 Å². The highest BCUT2D eigenvalue weighted by atomic mass is 19.1. The Morgan fingerprint density at radius 3 is 2.72 bits per heavy atom. The molecule has 0 saturated heterocycles. The second-order valence-corrected chi connectivity index (χ2v) is 5.67. The number of halogens is 2. The van der Waals surface area contributed by atoms with Crippen LogP contribution in [0.2, 0.25) is 0 Å². The molecule has 0 unspecified atom stereocenters. The Balaban J connectivity index is 2.07. The van der Waals surface area contributed by atoms with Gasteiger partial charge in [-0.3, -0.25) is 0 Å². The van der Waals surface area contributed by atoms with E-state index < -0.39 is 23.3 Å². The fourth-order valence-electron chi connectivity index (χ4n) is 2.64. The molecule has 8 nitrogen and oxygen atoms in total. The lowest BCUT2D eigenvalue weighted by Gasteiger charge is -2.34. The summed E-state index contributed by atoms with van der Waals surface area (Å²) in [6, 6.07) is 2.15. The normalized spacial score (nSPS) is 15.1. The monoisotopic (exact) mass is 350 g/mol. The van der Waals surface area contributed by atoms with Crippen LogP contribution in [0.3, 0.4) is 0 Å². The fraction of sp³-hybridized carbons (Fsp3) is 0.333. The molecule has 2 aromatic heterocycles. The van der Waals surface area contributed by atoms with Crippen LogP contribution in [0, 0.1) is 11.6 Å². The molecule has 3 aromatic rings. The van der Waals surface area contributed by atoms with Crippen molar-refractivity contribution in [2.45, 2.75) is 31.7 Å². The third kappa shape index (κ3) is 3.26. The molecule has 25 heavy (non-hydrogen) atoms. The van der Waals surface area contributed by atoms with E-state index in [1.165, 1.54) is 34.3 Å². The van der Waals surface area contributed by atoms with E-state index in [4.69, 9.17) is 5.11 Å². The van der Waals surface area contributed by atoms with Gasteiger partial charge in [0, 0.05) is 11.6 Å². The molecule has 0 bridgehead atoms. The first-order valence-corrected chi connectivity index (χ1v) is 7.46. The van der Waals surface area contributed by atoms with Crippen LogP contribution in [0.1, 0.15) is 24.2 Å². The Hall–Kier alpha value is -2.72. The maximum absolute atomic E-state index is 14.4. The van der Waals surface area contributed by atoms with Crippen molar-refractivity contribution in [1.82, 2.24) is 29.8 Å². The van der Waals surface area contributed by atoms with Gasteiger partial charge >= 0.3 is 0 Å². The van der Waals surface area contributed by atoms with Crippen molar-refractivity contribution in [1.29, 1.82) is 0 Å². The fourth-order valence-corrected chi connectivity index (χ4v) is 2.64. The van der Waals surface area contributed by atoms with E-state index in [0.29, 0.717) is 11.8 Å². The number of benzene rings is 1. The van der Waals surface area contributed by atoms with Crippen molar-refractivity contribution in [3.63, 3.8) is 0 Å². The molecule has 3 rings (SSSR count). The molecular weight excluding hydrogens is 334 g/mol. The van der Waals surface area contributed by atoms with Gasteiger partial charge < -0.3 is 10.2 Å². The Morgan fingerprint density at radius 2 is 2.12 bits per heavy atom. The lowest BCUT2D eigenvalue weighted by molar-refractivity contribution is -0.0374. The molecule has 0 spiro atoms. The molecule has 1 aromatic carbocycles. The molecule has 2 N–H and O–H groups in total. The van der Waals surface area contributed by atoms with Crippen molar-refractivity contribution in [2.75, 3.05) is 0 Å². The standard InChI is InChI=1S/C15H16F2N6O2/c1-10(23-5-12(6-24)20-21-23)15(25,7-22-9-18-8-19-22)13-3-2-11(16)4-14(13)17/h2-5,8-10,24-25H,6-7H2,1H3/t10-,15-/m1/s1. The van der Waals surface area contributed by atoms with Gasteiger partial charge in [0.2, 0.25) is 0 Å². The summed E-state index contributed by atoms with van der Waals surface area (Å²) in [5.41, 5.74) is -1.64. The first-order chi connectivity index (χ1) is 11.9. The maximum atomic E-state index is 14.4. The highest BCUT2D eigenvalue weighted by Crippen LogP contribution is 2.36. The second kappa shape index (κ2) is 6.65. The SMILES string of the molecule is C[C@@H](n1cc(CO)nn1)[C@](O)(Cn1cncn1)c1ccc(F)cc1F. The number of aliphatic hydroxyl groups is 2. The Kier molecular flexibility index (Phi) is 4.55. The van der Waals surface area contributed by atoms with Crippen LogP contribution in [0.15, 0.2) is 37.1 Å². The predicted molar refractivity (Wildman–Crippen MR) is 80.9 cm³/mol. The molecule has 0 aliphatic rings. The lowest BCUT2D eigenvalue weighted by atomic mass is 9.86. The zero-order chi connectivity index (χ0) is 18.0. The van der Waals surface area contributed by atoms with Gasteiger partial charge in [-0.05, 0) is 13.0 Å². The molecule has 132 valence electrons.